The molecule has 0 amide bonds. The van der Waals surface area contributed by atoms with Gasteiger partial charge in [0.15, 0.2) is 5.16 Å². The Morgan fingerprint density at radius 2 is 2.47 bits per heavy atom. The SMILES string of the molecule is Cn1c(SC2CCCC2C#N)n[nH]c1=O. The number of hydrogen-bond donors (Lipinski definition) is 1. The number of aromatic amines is 1. The van der Waals surface area contributed by atoms with E-state index in [1.54, 1.807) is 7.05 Å². The van der Waals surface area contributed by atoms with Gasteiger partial charge in [0.05, 0.1) is 12.0 Å². The fourth-order valence-corrected chi connectivity index (χ4v) is 3.04. The van der Waals surface area contributed by atoms with E-state index in [0.29, 0.717) is 5.16 Å². The highest BCUT2D eigenvalue weighted by molar-refractivity contribution is 7.99. The summed E-state index contributed by atoms with van der Waals surface area (Å²) in [5, 5.41) is 16.2. The largest absolute Gasteiger partial charge is 0.343 e. The van der Waals surface area contributed by atoms with Crippen LogP contribution in [-0.4, -0.2) is 20.0 Å². The van der Waals surface area contributed by atoms with Crippen molar-refractivity contribution in [3.63, 3.8) is 0 Å². The smallest absolute Gasteiger partial charge is 0.273 e. The van der Waals surface area contributed by atoms with E-state index in [4.69, 9.17) is 5.26 Å². The lowest BCUT2D eigenvalue weighted by molar-refractivity contribution is 0.704. The van der Waals surface area contributed by atoms with Crippen molar-refractivity contribution < 1.29 is 0 Å². The number of thioether (sulfide) groups is 1. The van der Waals surface area contributed by atoms with Crippen LogP contribution >= 0.6 is 11.8 Å². The number of aromatic nitrogens is 3. The van der Waals surface area contributed by atoms with E-state index in [0.717, 1.165) is 19.3 Å². The molecule has 1 saturated carbocycles. The van der Waals surface area contributed by atoms with E-state index < -0.39 is 0 Å². The number of nitrogens with one attached hydrogen (secondary N) is 1. The summed E-state index contributed by atoms with van der Waals surface area (Å²) >= 11 is 1.53. The van der Waals surface area contributed by atoms with Crippen molar-refractivity contribution in [3.05, 3.63) is 10.5 Å². The van der Waals surface area contributed by atoms with Crippen LogP contribution in [0.2, 0.25) is 0 Å². The maximum absolute atomic E-state index is 11.1. The fourth-order valence-electron chi connectivity index (χ4n) is 1.79. The predicted molar refractivity (Wildman–Crippen MR) is 56.4 cm³/mol. The van der Waals surface area contributed by atoms with E-state index in [9.17, 15) is 4.79 Å². The van der Waals surface area contributed by atoms with Crippen molar-refractivity contribution in [3.8, 4) is 6.07 Å². The fraction of sp³-hybridized carbons (Fsp3) is 0.667. The zero-order chi connectivity index (χ0) is 10.8. The van der Waals surface area contributed by atoms with Crippen LogP contribution in [0.15, 0.2) is 9.95 Å². The number of hydrogen-bond acceptors (Lipinski definition) is 4. The summed E-state index contributed by atoms with van der Waals surface area (Å²) in [6.07, 6.45) is 3.09. The predicted octanol–water partition coefficient (Wildman–Crippen LogP) is 0.893. The van der Waals surface area contributed by atoms with E-state index in [1.807, 2.05) is 0 Å². The van der Waals surface area contributed by atoms with Gasteiger partial charge < -0.3 is 0 Å². The molecular weight excluding hydrogens is 212 g/mol. The molecule has 1 fully saturated rings. The maximum Gasteiger partial charge on any atom is 0.343 e. The molecule has 0 aromatic carbocycles. The summed E-state index contributed by atoms with van der Waals surface area (Å²) in [5.74, 6) is 0.0989. The molecule has 2 unspecified atom stereocenters. The Balaban J connectivity index is 2.12. The van der Waals surface area contributed by atoms with Crippen molar-refractivity contribution in [1.82, 2.24) is 14.8 Å². The topological polar surface area (TPSA) is 74.5 Å². The standard InChI is InChI=1S/C9H12N4OS/c1-13-8(14)11-12-9(13)15-7-4-2-3-6(7)5-10/h6-7H,2-4H2,1H3,(H,11,14). The molecule has 6 heteroatoms. The first-order chi connectivity index (χ1) is 7.22. The lowest BCUT2D eigenvalue weighted by Gasteiger charge is -2.10. The minimum absolute atomic E-state index is 0.0989. The Bertz CT molecular complexity index is 444. The van der Waals surface area contributed by atoms with Crippen molar-refractivity contribution in [1.29, 1.82) is 5.26 Å². The summed E-state index contributed by atoms with van der Waals surface area (Å²) in [6.45, 7) is 0. The normalized spacial score (nSPS) is 25.3. The molecule has 1 aliphatic carbocycles. The average molecular weight is 224 g/mol. The van der Waals surface area contributed by atoms with Crippen LogP contribution in [0.4, 0.5) is 0 Å². The third kappa shape index (κ3) is 1.92. The van der Waals surface area contributed by atoms with Crippen LogP contribution in [-0.2, 0) is 7.05 Å². The van der Waals surface area contributed by atoms with Crippen LogP contribution < -0.4 is 5.69 Å². The van der Waals surface area contributed by atoms with Crippen LogP contribution in [0.1, 0.15) is 19.3 Å². The molecule has 1 aromatic heterocycles. The number of H-pyrrole nitrogens is 1. The molecule has 1 heterocycles. The molecule has 0 bridgehead atoms. The highest BCUT2D eigenvalue weighted by Crippen LogP contribution is 2.37. The van der Waals surface area contributed by atoms with Gasteiger partial charge in [-0.3, -0.25) is 4.57 Å². The molecule has 0 radical (unpaired) electrons. The van der Waals surface area contributed by atoms with E-state index in [1.165, 1.54) is 16.3 Å². The monoisotopic (exact) mass is 224 g/mol. The quantitative estimate of drug-likeness (QED) is 0.809. The number of nitrogens with zero attached hydrogens (tertiary/aromatic N) is 3. The molecule has 0 saturated heterocycles. The molecular formula is C9H12N4OS. The Hall–Kier alpha value is -1.22. The maximum atomic E-state index is 11.1. The van der Waals surface area contributed by atoms with Gasteiger partial charge >= 0.3 is 5.69 Å². The molecule has 5 nitrogen and oxygen atoms in total. The highest BCUT2D eigenvalue weighted by Gasteiger charge is 2.29. The van der Waals surface area contributed by atoms with E-state index >= 15 is 0 Å². The number of nitriles is 1. The van der Waals surface area contributed by atoms with Crippen LogP contribution in [0.3, 0.4) is 0 Å². The Labute approximate surface area is 91.5 Å². The molecule has 15 heavy (non-hydrogen) atoms. The first kappa shape index (κ1) is 10.3. The Morgan fingerprint density at radius 3 is 3.07 bits per heavy atom. The van der Waals surface area contributed by atoms with Crippen molar-refractivity contribution >= 4 is 11.8 Å². The number of rotatable bonds is 2. The second-order valence-corrected chi connectivity index (χ2v) is 4.90. The van der Waals surface area contributed by atoms with Gasteiger partial charge in [0.2, 0.25) is 0 Å². The van der Waals surface area contributed by atoms with Gasteiger partial charge in [-0.05, 0) is 12.8 Å². The van der Waals surface area contributed by atoms with E-state index in [-0.39, 0.29) is 16.9 Å². The highest BCUT2D eigenvalue weighted by atomic mass is 32.2. The summed E-state index contributed by atoms with van der Waals surface area (Å²) in [6, 6.07) is 2.31. The van der Waals surface area contributed by atoms with Crippen molar-refractivity contribution in [2.45, 2.75) is 29.7 Å². The van der Waals surface area contributed by atoms with Gasteiger partial charge in [-0.2, -0.15) is 5.26 Å². The van der Waals surface area contributed by atoms with Crippen molar-refractivity contribution in [2.24, 2.45) is 13.0 Å². The van der Waals surface area contributed by atoms with Crippen LogP contribution in [0.25, 0.3) is 0 Å². The average Bonchev–Trinajstić information content (AvgIpc) is 2.80. The summed E-state index contributed by atoms with van der Waals surface area (Å²) in [7, 11) is 1.69. The van der Waals surface area contributed by atoms with Gasteiger partial charge in [-0.25, -0.2) is 9.89 Å². The zero-order valence-corrected chi connectivity index (χ0v) is 9.25. The lowest BCUT2D eigenvalue weighted by atomic mass is 10.1. The molecule has 1 N–H and O–H groups in total. The van der Waals surface area contributed by atoms with Crippen LogP contribution in [0.5, 0.6) is 0 Å². The Kier molecular flexibility index (Phi) is 2.82. The van der Waals surface area contributed by atoms with Gasteiger partial charge in [0, 0.05) is 12.3 Å². The second kappa shape index (κ2) is 4.11. The summed E-state index contributed by atoms with van der Waals surface area (Å²) in [5.41, 5.74) is -0.205. The molecule has 2 rings (SSSR count). The molecule has 0 spiro atoms. The lowest BCUT2D eigenvalue weighted by Crippen LogP contribution is -2.14. The van der Waals surface area contributed by atoms with Gasteiger partial charge in [0.25, 0.3) is 0 Å². The molecule has 80 valence electrons. The molecule has 0 aliphatic heterocycles. The third-order valence-electron chi connectivity index (χ3n) is 2.71. The summed E-state index contributed by atoms with van der Waals surface area (Å²) < 4.78 is 1.48. The molecule has 1 aromatic rings. The summed E-state index contributed by atoms with van der Waals surface area (Å²) in [4.78, 5) is 11.1. The minimum atomic E-state index is -0.205. The van der Waals surface area contributed by atoms with Gasteiger partial charge in [-0.15, -0.1) is 5.10 Å². The minimum Gasteiger partial charge on any atom is -0.273 e. The first-order valence-electron chi connectivity index (χ1n) is 4.90. The Morgan fingerprint density at radius 1 is 1.67 bits per heavy atom. The molecule has 2 atom stereocenters. The van der Waals surface area contributed by atoms with E-state index in [2.05, 4.69) is 16.3 Å². The van der Waals surface area contributed by atoms with Crippen LogP contribution in [0, 0.1) is 17.2 Å². The molecule has 1 aliphatic rings. The van der Waals surface area contributed by atoms with Gasteiger partial charge in [0.1, 0.15) is 0 Å². The van der Waals surface area contributed by atoms with Crippen molar-refractivity contribution in [2.75, 3.05) is 0 Å². The third-order valence-corrected chi connectivity index (χ3v) is 4.16. The zero-order valence-electron chi connectivity index (χ0n) is 8.43. The second-order valence-electron chi connectivity index (χ2n) is 3.69. The first-order valence-corrected chi connectivity index (χ1v) is 5.78. The van der Waals surface area contributed by atoms with Gasteiger partial charge in [-0.1, -0.05) is 18.2 Å².